The van der Waals surface area contributed by atoms with Crippen LogP contribution in [0.2, 0.25) is 0 Å². The van der Waals surface area contributed by atoms with Crippen molar-refractivity contribution in [3.05, 3.63) is 258 Å². The Hall–Kier alpha value is -7.36. The maximum atomic E-state index is 5.09. The van der Waals surface area contributed by atoms with Gasteiger partial charge in [-0.25, -0.2) is 0 Å². The quantitative estimate of drug-likeness (QED) is 0.108. The first kappa shape index (κ1) is 44.8. The second kappa shape index (κ2) is 20.9. The van der Waals surface area contributed by atoms with E-state index in [0.29, 0.717) is 0 Å². The first-order chi connectivity index (χ1) is 32.5. The molecule has 0 aliphatic carbocycles. The van der Waals surface area contributed by atoms with Crippen molar-refractivity contribution in [2.24, 2.45) is 0 Å². The molecular formula is C63H48IrN3. The molecular weight excluding hydrogens is 991 g/mol. The zero-order valence-corrected chi connectivity index (χ0v) is 40.0. The molecule has 10 rings (SSSR count). The average molecular weight is 1040 g/mol. The summed E-state index contributed by atoms with van der Waals surface area (Å²) in [6.07, 6.45) is 9.69. The van der Waals surface area contributed by atoms with Crippen LogP contribution >= 0.6 is 0 Å². The number of benzene rings is 7. The van der Waals surface area contributed by atoms with Gasteiger partial charge in [0.05, 0.1) is 0 Å². The Morgan fingerprint density at radius 1 is 0.343 bits per heavy atom. The van der Waals surface area contributed by atoms with Gasteiger partial charge in [0.15, 0.2) is 0 Å². The average Bonchev–Trinajstić information content (AvgIpc) is 3.39. The van der Waals surface area contributed by atoms with Crippen LogP contribution in [0.4, 0.5) is 0 Å². The summed E-state index contributed by atoms with van der Waals surface area (Å²) in [6.45, 7) is 4.39. The zero-order valence-electron chi connectivity index (χ0n) is 37.6. The Balaban J connectivity index is 0.00000562. The van der Waals surface area contributed by atoms with Crippen molar-refractivity contribution >= 4 is 0 Å². The van der Waals surface area contributed by atoms with Gasteiger partial charge in [0, 0.05) is 24.2 Å². The van der Waals surface area contributed by atoms with Crippen LogP contribution in [-0.4, -0.2) is 15.0 Å². The molecule has 3 heterocycles. The molecule has 0 aliphatic rings. The van der Waals surface area contributed by atoms with E-state index in [-0.39, 0.29) is 20.1 Å². The normalized spacial score (nSPS) is 11.0. The van der Waals surface area contributed by atoms with Gasteiger partial charge in [0.2, 0.25) is 0 Å². The molecule has 0 spiro atoms. The Labute approximate surface area is 408 Å². The minimum atomic E-state index is 0. The SMILES string of the molecule is Cc1cc(-c2[c-]cccc2)ncc1CCc1cc(CCc2cnc(-c3[c-]cccc3)cc2C)cc(-c2ccccc2-c2cnc(-c3[c-]cccc3)cc2-c2ccc(-c3ccccc3)cc2)c1.[Ir+3]. The molecule has 3 nitrogen and oxygen atoms in total. The molecule has 0 saturated carbocycles. The van der Waals surface area contributed by atoms with Gasteiger partial charge in [-0.15, -0.1) is 108 Å². The van der Waals surface area contributed by atoms with Crippen molar-refractivity contribution in [1.82, 2.24) is 15.0 Å². The van der Waals surface area contributed by atoms with Crippen LogP contribution in [0.3, 0.4) is 0 Å². The van der Waals surface area contributed by atoms with Crippen molar-refractivity contribution < 1.29 is 20.1 Å². The standard InChI is InChI=1S/C63H48N3.Ir/c1-44-35-61(51-19-9-4-10-20-51)64-41-54(44)29-27-46-37-47(28-30-55-42-65-62(36-45(55)2)52-21-11-5-12-22-52)39-56(38-46)57-25-15-16-26-58(57)60-43-66-63(53-23-13-6-14-24-53)40-59(60)50-33-31-49(32-34-50)48-17-7-3-8-18-48;/h3-19,21,23,25-26,31-43H,27-30H2,1-2H3;/q-3;+3. The van der Waals surface area contributed by atoms with Crippen molar-refractivity contribution in [3.63, 3.8) is 0 Å². The Morgan fingerprint density at radius 3 is 1.30 bits per heavy atom. The number of aromatic nitrogens is 3. The van der Waals surface area contributed by atoms with Crippen molar-refractivity contribution in [3.8, 4) is 78.3 Å². The molecule has 67 heavy (non-hydrogen) atoms. The van der Waals surface area contributed by atoms with Gasteiger partial charge < -0.3 is 15.0 Å². The predicted octanol–water partition coefficient (Wildman–Crippen LogP) is 15.1. The fourth-order valence-corrected chi connectivity index (χ4v) is 8.91. The maximum absolute atomic E-state index is 5.09. The van der Waals surface area contributed by atoms with Gasteiger partial charge >= 0.3 is 20.1 Å². The van der Waals surface area contributed by atoms with Crippen LogP contribution in [0.15, 0.2) is 207 Å². The summed E-state index contributed by atoms with van der Waals surface area (Å²) in [5.74, 6) is 0. The largest absolute Gasteiger partial charge is 3.00 e. The third-order valence-electron chi connectivity index (χ3n) is 12.5. The van der Waals surface area contributed by atoms with Gasteiger partial charge in [0.25, 0.3) is 0 Å². The number of aryl methyl sites for hydroxylation is 6. The molecule has 4 heteroatoms. The topological polar surface area (TPSA) is 38.7 Å². The van der Waals surface area contributed by atoms with Crippen molar-refractivity contribution in [1.29, 1.82) is 0 Å². The van der Waals surface area contributed by atoms with Gasteiger partial charge in [-0.05, 0) is 118 Å². The van der Waals surface area contributed by atoms with Crippen molar-refractivity contribution in [2.45, 2.75) is 39.5 Å². The number of hydrogen-bond acceptors (Lipinski definition) is 3. The molecule has 10 aromatic rings. The molecule has 0 fully saturated rings. The van der Waals surface area contributed by atoms with Gasteiger partial charge in [-0.3, -0.25) is 0 Å². The second-order valence-corrected chi connectivity index (χ2v) is 17.0. The molecule has 7 aromatic carbocycles. The smallest absolute Gasteiger partial charge is 0.304 e. The summed E-state index contributed by atoms with van der Waals surface area (Å²) in [5.41, 5.74) is 22.6. The molecule has 0 saturated heterocycles. The van der Waals surface area contributed by atoms with E-state index in [4.69, 9.17) is 15.0 Å². The van der Waals surface area contributed by atoms with E-state index in [0.717, 1.165) is 81.7 Å². The monoisotopic (exact) mass is 1040 g/mol. The summed E-state index contributed by atoms with van der Waals surface area (Å²) in [7, 11) is 0. The van der Waals surface area contributed by atoms with Crippen LogP contribution in [0.5, 0.6) is 0 Å². The third kappa shape index (κ3) is 10.4. The fraction of sp³-hybridized carbons (Fsp3) is 0.0952. The molecule has 0 unspecified atom stereocenters. The molecule has 0 amide bonds. The zero-order chi connectivity index (χ0) is 44.7. The third-order valence-corrected chi connectivity index (χ3v) is 12.5. The molecule has 3 aromatic heterocycles. The minimum absolute atomic E-state index is 0. The second-order valence-electron chi connectivity index (χ2n) is 17.0. The molecule has 0 N–H and O–H groups in total. The number of pyridine rings is 3. The van der Waals surface area contributed by atoms with Crippen LogP contribution in [0.25, 0.3) is 78.3 Å². The van der Waals surface area contributed by atoms with E-state index < -0.39 is 0 Å². The van der Waals surface area contributed by atoms with Crippen LogP contribution < -0.4 is 0 Å². The fourth-order valence-electron chi connectivity index (χ4n) is 8.91. The Morgan fingerprint density at radius 2 is 0.791 bits per heavy atom. The van der Waals surface area contributed by atoms with E-state index in [1.54, 1.807) is 0 Å². The first-order valence-electron chi connectivity index (χ1n) is 22.7. The van der Waals surface area contributed by atoms with Crippen LogP contribution in [0, 0.1) is 32.0 Å². The van der Waals surface area contributed by atoms with Crippen LogP contribution in [-0.2, 0) is 45.8 Å². The summed E-state index contributed by atoms with van der Waals surface area (Å²) < 4.78 is 0. The van der Waals surface area contributed by atoms with Gasteiger partial charge in [-0.1, -0.05) is 126 Å². The van der Waals surface area contributed by atoms with Gasteiger partial charge in [0.1, 0.15) is 0 Å². The number of nitrogens with zero attached hydrogens (tertiary/aromatic N) is 3. The predicted molar refractivity (Wildman–Crippen MR) is 272 cm³/mol. The van der Waals surface area contributed by atoms with E-state index in [1.807, 2.05) is 54.6 Å². The van der Waals surface area contributed by atoms with E-state index in [2.05, 4.69) is 184 Å². The molecule has 0 radical (unpaired) electrons. The van der Waals surface area contributed by atoms with Crippen LogP contribution in [0.1, 0.15) is 33.4 Å². The summed E-state index contributed by atoms with van der Waals surface area (Å²) in [4.78, 5) is 14.8. The summed E-state index contributed by atoms with van der Waals surface area (Å²) in [5, 5.41) is 0. The maximum Gasteiger partial charge on any atom is 3.00 e. The van der Waals surface area contributed by atoms with E-state index >= 15 is 0 Å². The number of hydrogen-bond donors (Lipinski definition) is 0. The van der Waals surface area contributed by atoms with Crippen molar-refractivity contribution in [2.75, 3.05) is 0 Å². The number of rotatable bonds is 13. The summed E-state index contributed by atoms with van der Waals surface area (Å²) >= 11 is 0. The molecule has 0 aliphatic heterocycles. The molecule has 0 bridgehead atoms. The first-order valence-corrected chi connectivity index (χ1v) is 22.7. The van der Waals surface area contributed by atoms with E-state index in [9.17, 15) is 0 Å². The van der Waals surface area contributed by atoms with E-state index in [1.165, 1.54) is 55.6 Å². The molecule has 0 atom stereocenters. The van der Waals surface area contributed by atoms with Gasteiger partial charge in [-0.2, -0.15) is 0 Å². The Bertz CT molecular complexity index is 3130. The minimum Gasteiger partial charge on any atom is -0.304 e. The molecule has 324 valence electrons. The Kier molecular flexibility index (Phi) is 14.0. The summed E-state index contributed by atoms with van der Waals surface area (Å²) in [6, 6.07) is 76.3.